The average molecular weight is 474 g/mol. The Labute approximate surface area is 195 Å². The van der Waals surface area contributed by atoms with E-state index in [0.717, 1.165) is 11.1 Å². The highest BCUT2D eigenvalue weighted by molar-refractivity contribution is 6.47. The quantitative estimate of drug-likeness (QED) is 0.708. The number of aliphatic hydroxyl groups excluding tert-OH is 1. The number of hydrogen-bond donors (Lipinski definition) is 2. The van der Waals surface area contributed by atoms with Crippen molar-refractivity contribution in [1.82, 2.24) is 14.9 Å². The normalized spacial score (nSPS) is 26.8. The number of aliphatic hydroxyl groups is 1. The number of alkyl halides is 1. The molecule has 3 aliphatic rings. The molecule has 2 fully saturated rings. The number of aromatic nitrogens is 2. The van der Waals surface area contributed by atoms with Gasteiger partial charge in [0.05, 0.1) is 49.1 Å². The van der Waals surface area contributed by atoms with E-state index < -0.39 is 18.3 Å². The zero-order valence-corrected chi connectivity index (χ0v) is 18.9. The lowest BCUT2D eigenvalue weighted by atomic mass is 9.98. The minimum absolute atomic E-state index is 0.0149. The molecular formula is C23H25ClFN5O3. The number of aryl methyl sites for hydroxylation is 1. The molecular weight excluding hydrogens is 449 g/mol. The highest BCUT2D eigenvalue weighted by Crippen LogP contribution is 2.38. The molecule has 0 radical (unpaired) electrons. The van der Waals surface area contributed by atoms with Crippen molar-refractivity contribution in [3.63, 3.8) is 0 Å². The lowest BCUT2D eigenvalue weighted by Gasteiger charge is -2.30. The first-order valence-electron chi connectivity index (χ1n) is 11.0. The molecule has 0 unspecified atom stereocenters. The van der Waals surface area contributed by atoms with Crippen LogP contribution in [-0.4, -0.2) is 69.7 Å². The summed E-state index contributed by atoms with van der Waals surface area (Å²) in [5.74, 6) is 0.0886. The number of fused-ring (bicyclic) bond motifs is 1. The SMILES string of the molecule is Cc1ccc(Cl)cc1[C@H]1C[C@H](F)CN1C(=O)C1=NCc2ncnc(N[C@@H]3CCOC[C@H]3O)c21. The molecule has 1 amide bonds. The van der Waals surface area contributed by atoms with E-state index in [9.17, 15) is 14.3 Å². The van der Waals surface area contributed by atoms with Crippen LogP contribution in [0.4, 0.5) is 10.2 Å². The van der Waals surface area contributed by atoms with Gasteiger partial charge >= 0.3 is 0 Å². The van der Waals surface area contributed by atoms with Gasteiger partial charge in [-0.2, -0.15) is 0 Å². The zero-order chi connectivity index (χ0) is 23.1. The molecule has 1 aromatic heterocycles. The molecule has 4 heterocycles. The summed E-state index contributed by atoms with van der Waals surface area (Å²) in [6.07, 6.45) is 0.398. The molecule has 5 rings (SSSR count). The summed E-state index contributed by atoms with van der Waals surface area (Å²) < 4.78 is 19.9. The van der Waals surface area contributed by atoms with Crippen molar-refractivity contribution in [2.45, 2.75) is 50.7 Å². The second-order valence-corrected chi connectivity index (χ2v) is 9.13. The minimum Gasteiger partial charge on any atom is -0.389 e. The highest BCUT2D eigenvalue weighted by atomic mass is 35.5. The Morgan fingerprint density at radius 1 is 1.36 bits per heavy atom. The van der Waals surface area contributed by atoms with Crippen molar-refractivity contribution in [2.24, 2.45) is 4.99 Å². The third-order valence-corrected chi connectivity index (χ3v) is 6.75. The van der Waals surface area contributed by atoms with Gasteiger partial charge in [0.1, 0.15) is 24.0 Å². The van der Waals surface area contributed by atoms with Crippen molar-refractivity contribution in [1.29, 1.82) is 0 Å². The molecule has 2 saturated heterocycles. The number of nitrogens with zero attached hydrogens (tertiary/aromatic N) is 4. The number of carbonyl (C=O) groups excluding carboxylic acids is 1. The summed E-state index contributed by atoms with van der Waals surface area (Å²) in [5, 5.41) is 14.1. The fourth-order valence-electron chi connectivity index (χ4n) is 4.79. The van der Waals surface area contributed by atoms with Gasteiger partial charge in [-0.3, -0.25) is 9.79 Å². The van der Waals surface area contributed by atoms with Crippen LogP contribution >= 0.6 is 11.6 Å². The minimum atomic E-state index is -1.14. The van der Waals surface area contributed by atoms with Gasteiger partial charge in [0, 0.05) is 18.1 Å². The van der Waals surface area contributed by atoms with Crippen molar-refractivity contribution in [3.8, 4) is 0 Å². The molecule has 1 aromatic carbocycles. The summed E-state index contributed by atoms with van der Waals surface area (Å²) in [5.41, 5.74) is 3.15. The summed E-state index contributed by atoms with van der Waals surface area (Å²) in [7, 11) is 0. The number of hydrogen-bond acceptors (Lipinski definition) is 7. The average Bonchev–Trinajstić information content (AvgIpc) is 3.41. The number of likely N-dealkylation sites (tertiary alicyclic amines) is 1. The van der Waals surface area contributed by atoms with E-state index in [1.807, 2.05) is 13.0 Å². The number of carbonyl (C=O) groups is 1. The third kappa shape index (κ3) is 4.20. The molecule has 2 aromatic rings. The number of amides is 1. The number of nitrogens with one attached hydrogen (secondary N) is 1. The second-order valence-electron chi connectivity index (χ2n) is 8.70. The molecule has 4 atom stereocenters. The number of anilines is 1. The van der Waals surface area contributed by atoms with Gasteiger partial charge in [0.15, 0.2) is 0 Å². The monoisotopic (exact) mass is 473 g/mol. The highest BCUT2D eigenvalue weighted by Gasteiger charge is 2.41. The number of aliphatic imine (C=N–C) groups is 1. The Balaban J connectivity index is 1.45. The van der Waals surface area contributed by atoms with Gasteiger partial charge in [0.25, 0.3) is 5.91 Å². The van der Waals surface area contributed by atoms with Crippen LogP contribution in [0.1, 0.15) is 41.3 Å². The molecule has 2 N–H and O–H groups in total. The van der Waals surface area contributed by atoms with Crippen molar-refractivity contribution < 1.29 is 19.0 Å². The van der Waals surface area contributed by atoms with Gasteiger partial charge in [-0.05, 0) is 36.6 Å². The van der Waals surface area contributed by atoms with Gasteiger partial charge in [-0.25, -0.2) is 14.4 Å². The molecule has 3 aliphatic heterocycles. The van der Waals surface area contributed by atoms with Gasteiger partial charge in [-0.1, -0.05) is 17.7 Å². The van der Waals surface area contributed by atoms with Crippen LogP contribution in [0.2, 0.25) is 5.02 Å². The topological polar surface area (TPSA) is 99.9 Å². The first-order valence-corrected chi connectivity index (χ1v) is 11.4. The second kappa shape index (κ2) is 8.96. The summed E-state index contributed by atoms with van der Waals surface area (Å²) in [4.78, 5) is 28.3. The van der Waals surface area contributed by atoms with Gasteiger partial charge in [0.2, 0.25) is 0 Å². The van der Waals surface area contributed by atoms with E-state index >= 15 is 0 Å². The van der Waals surface area contributed by atoms with E-state index in [0.29, 0.717) is 35.1 Å². The Hall–Kier alpha value is -2.62. The molecule has 0 saturated carbocycles. The number of halogens is 2. The Morgan fingerprint density at radius 3 is 3.03 bits per heavy atom. The molecule has 0 bridgehead atoms. The van der Waals surface area contributed by atoms with E-state index in [1.54, 1.807) is 12.1 Å². The standard InChI is InChI=1S/C23H25ClFN5O3/c1-12-2-3-13(24)6-15(12)18-7-14(25)9-30(18)23(32)21-20-17(8-26-21)27-11-28-22(20)29-16-4-5-33-10-19(16)31/h2-3,6,11,14,16,18-19,31H,4-5,7-10H2,1H3,(H,27,28,29)/t14-,16+,18+,19+/m0/s1. The maximum Gasteiger partial charge on any atom is 0.273 e. The van der Waals surface area contributed by atoms with E-state index in [-0.39, 0.29) is 43.8 Å². The largest absolute Gasteiger partial charge is 0.389 e. The van der Waals surface area contributed by atoms with Crippen LogP contribution in [0.5, 0.6) is 0 Å². The zero-order valence-electron chi connectivity index (χ0n) is 18.2. The summed E-state index contributed by atoms with van der Waals surface area (Å²) in [6.45, 7) is 2.92. The first-order chi connectivity index (χ1) is 15.9. The van der Waals surface area contributed by atoms with Crippen LogP contribution < -0.4 is 5.32 Å². The fraction of sp³-hybridized carbons (Fsp3) is 0.478. The number of ether oxygens (including phenoxy) is 1. The van der Waals surface area contributed by atoms with E-state index in [2.05, 4.69) is 20.3 Å². The Bertz CT molecular complexity index is 1110. The maximum absolute atomic E-state index is 14.6. The smallest absolute Gasteiger partial charge is 0.273 e. The number of benzene rings is 1. The molecule has 174 valence electrons. The van der Waals surface area contributed by atoms with Crippen LogP contribution in [-0.2, 0) is 16.1 Å². The number of rotatable bonds is 4. The van der Waals surface area contributed by atoms with E-state index in [1.165, 1.54) is 11.2 Å². The van der Waals surface area contributed by atoms with Crippen LogP contribution in [0.15, 0.2) is 29.5 Å². The predicted molar refractivity (Wildman–Crippen MR) is 121 cm³/mol. The molecule has 10 heteroatoms. The molecule has 33 heavy (non-hydrogen) atoms. The molecule has 8 nitrogen and oxygen atoms in total. The van der Waals surface area contributed by atoms with Gasteiger partial charge in [-0.15, -0.1) is 0 Å². The van der Waals surface area contributed by atoms with E-state index in [4.69, 9.17) is 16.3 Å². The van der Waals surface area contributed by atoms with Crippen LogP contribution in [0.3, 0.4) is 0 Å². The van der Waals surface area contributed by atoms with Crippen molar-refractivity contribution in [2.75, 3.05) is 25.1 Å². The lowest BCUT2D eigenvalue weighted by Crippen LogP contribution is -2.43. The maximum atomic E-state index is 14.6. The predicted octanol–water partition coefficient (Wildman–Crippen LogP) is 2.61. The summed E-state index contributed by atoms with van der Waals surface area (Å²) >= 11 is 6.20. The molecule has 0 aliphatic carbocycles. The molecule has 0 spiro atoms. The fourth-order valence-corrected chi connectivity index (χ4v) is 4.97. The summed E-state index contributed by atoms with van der Waals surface area (Å²) in [6, 6.07) is 4.76. The Kier molecular flexibility index (Phi) is 6.03. The van der Waals surface area contributed by atoms with Crippen molar-refractivity contribution in [3.05, 3.63) is 51.9 Å². The Morgan fingerprint density at radius 2 is 2.21 bits per heavy atom. The van der Waals surface area contributed by atoms with Crippen molar-refractivity contribution >= 4 is 29.0 Å². The van der Waals surface area contributed by atoms with Crippen LogP contribution in [0.25, 0.3) is 0 Å². The lowest BCUT2D eigenvalue weighted by molar-refractivity contribution is -0.125. The third-order valence-electron chi connectivity index (χ3n) is 6.51. The van der Waals surface area contributed by atoms with Crippen LogP contribution in [0, 0.1) is 6.92 Å². The van der Waals surface area contributed by atoms with Gasteiger partial charge < -0.3 is 20.1 Å². The first kappa shape index (κ1) is 22.2.